The van der Waals surface area contributed by atoms with E-state index in [1.807, 2.05) is 0 Å². The minimum atomic E-state index is -4.65. The van der Waals surface area contributed by atoms with Crippen molar-refractivity contribution in [3.63, 3.8) is 0 Å². The Morgan fingerprint density at radius 3 is 2.55 bits per heavy atom. The van der Waals surface area contributed by atoms with Crippen molar-refractivity contribution in [2.24, 2.45) is 5.73 Å². The van der Waals surface area contributed by atoms with Gasteiger partial charge in [0.2, 0.25) is 0 Å². The fraction of sp³-hybridized carbons (Fsp3) is 0.222. The number of aryl methyl sites for hydroxylation is 2. The first-order valence-electron chi connectivity index (χ1n) is 8.23. The Kier molecular flexibility index (Phi) is 5.23. The number of aromatic nitrogens is 4. The Hall–Kier alpha value is -3.50. The lowest BCUT2D eigenvalue weighted by Crippen LogP contribution is -2.14. The van der Waals surface area contributed by atoms with Gasteiger partial charge in [-0.25, -0.2) is 14.1 Å². The van der Waals surface area contributed by atoms with Gasteiger partial charge in [0.05, 0.1) is 22.4 Å². The minimum Gasteiger partial charge on any atom is -0.366 e. The zero-order valence-electron chi connectivity index (χ0n) is 15.3. The van der Waals surface area contributed by atoms with Crippen LogP contribution in [0.2, 0.25) is 0 Å². The number of hydrogen-bond acceptors (Lipinski definition) is 5. The van der Waals surface area contributed by atoms with Crippen LogP contribution < -0.4 is 5.73 Å². The van der Waals surface area contributed by atoms with E-state index in [9.17, 15) is 22.4 Å². The van der Waals surface area contributed by atoms with Crippen molar-refractivity contribution in [2.45, 2.75) is 26.7 Å². The van der Waals surface area contributed by atoms with Crippen LogP contribution in [0.15, 0.2) is 29.0 Å². The molecule has 0 fully saturated rings. The van der Waals surface area contributed by atoms with Crippen LogP contribution in [0, 0.1) is 13.8 Å². The van der Waals surface area contributed by atoms with Crippen LogP contribution in [0.25, 0.3) is 23.2 Å². The molecule has 0 aliphatic heterocycles. The quantitative estimate of drug-likeness (QED) is 0.513. The van der Waals surface area contributed by atoms with Crippen molar-refractivity contribution in [2.75, 3.05) is 0 Å². The van der Waals surface area contributed by atoms with Gasteiger partial charge in [-0.2, -0.15) is 13.2 Å². The number of carbonyl (C=O) groups is 1. The molecule has 0 radical (unpaired) electrons. The zero-order valence-corrected chi connectivity index (χ0v) is 15.3. The fourth-order valence-electron chi connectivity index (χ4n) is 2.78. The summed E-state index contributed by atoms with van der Waals surface area (Å²) in [5.41, 5.74) is 5.09. The normalized spacial score (nSPS) is 12.4. The maximum atomic E-state index is 13.1. The molecule has 3 aromatic rings. The van der Waals surface area contributed by atoms with E-state index in [-0.39, 0.29) is 22.5 Å². The maximum absolute atomic E-state index is 13.1. The molecule has 7 nitrogen and oxygen atoms in total. The summed E-state index contributed by atoms with van der Waals surface area (Å²) in [7, 11) is 0. The van der Waals surface area contributed by atoms with E-state index >= 15 is 0 Å². The highest BCUT2D eigenvalue weighted by Gasteiger charge is 2.31. The number of alkyl halides is 4. The van der Waals surface area contributed by atoms with Crippen LogP contribution in [0.5, 0.6) is 0 Å². The summed E-state index contributed by atoms with van der Waals surface area (Å²) < 4.78 is 58.3. The highest BCUT2D eigenvalue weighted by atomic mass is 19.4. The van der Waals surface area contributed by atoms with Crippen molar-refractivity contribution in [3.05, 3.63) is 52.7 Å². The van der Waals surface area contributed by atoms with Crippen molar-refractivity contribution in [3.8, 4) is 11.4 Å². The van der Waals surface area contributed by atoms with Crippen LogP contribution in [0.3, 0.4) is 0 Å². The monoisotopic (exact) mass is 409 g/mol. The molecule has 0 aliphatic carbocycles. The number of primary amides is 1. The maximum Gasteiger partial charge on any atom is 0.416 e. The second kappa shape index (κ2) is 7.49. The second-order valence-corrected chi connectivity index (χ2v) is 6.20. The lowest BCUT2D eigenvalue weighted by Gasteiger charge is -2.09. The average molecular weight is 409 g/mol. The van der Waals surface area contributed by atoms with E-state index in [0.717, 1.165) is 16.8 Å². The minimum absolute atomic E-state index is 0.0161. The smallest absolute Gasteiger partial charge is 0.366 e. The van der Waals surface area contributed by atoms with E-state index in [4.69, 9.17) is 10.3 Å². The van der Waals surface area contributed by atoms with Crippen LogP contribution in [-0.2, 0) is 17.6 Å². The van der Waals surface area contributed by atoms with Crippen molar-refractivity contribution >= 4 is 17.7 Å². The molecule has 0 aliphatic rings. The number of nitrogens with two attached hydrogens (primary N) is 1. The van der Waals surface area contributed by atoms with Crippen molar-refractivity contribution < 1.29 is 26.9 Å². The molecule has 0 spiro atoms. The third kappa shape index (κ3) is 4.18. The molecule has 0 saturated heterocycles. The van der Waals surface area contributed by atoms with Gasteiger partial charge in [0, 0.05) is 11.8 Å². The Balaban J connectivity index is 2.05. The van der Waals surface area contributed by atoms with Gasteiger partial charge in [-0.1, -0.05) is 5.16 Å². The Labute approximate surface area is 161 Å². The van der Waals surface area contributed by atoms with E-state index in [1.54, 1.807) is 13.8 Å². The summed E-state index contributed by atoms with van der Waals surface area (Å²) in [6, 6.07) is 2.77. The summed E-state index contributed by atoms with van der Waals surface area (Å²) in [5, 5.41) is 7.81. The molecule has 0 atom stereocenters. The summed E-state index contributed by atoms with van der Waals surface area (Å²) in [4.78, 5) is 15.8. The zero-order chi connectivity index (χ0) is 21.3. The van der Waals surface area contributed by atoms with E-state index < -0.39 is 24.3 Å². The van der Waals surface area contributed by atoms with Gasteiger partial charge in [0.25, 0.3) is 5.91 Å². The molecular formula is C18H15F4N5O2. The molecule has 152 valence electrons. The molecule has 2 heterocycles. The topological polar surface area (TPSA) is 99.8 Å². The predicted molar refractivity (Wildman–Crippen MR) is 94.6 cm³/mol. The average Bonchev–Trinajstić information content (AvgIpc) is 3.25. The van der Waals surface area contributed by atoms with Gasteiger partial charge in [-0.15, -0.1) is 5.10 Å². The Morgan fingerprint density at radius 1 is 1.28 bits per heavy atom. The number of benzene rings is 1. The number of nitrogens with zero attached hydrogens (tertiary/aromatic N) is 4. The molecule has 0 bridgehead atoms. The largest absolute Gasteiger partial charge is 0.416 e. The summed E-state index contributed by atoms with van der Waals surface area (Å²) >= 11 is 0. The summed E-state index contributed by atoms with van der Waals surface area (Å²) in [5.74, 6) is -0.502. The fourth-order valence-corrected chi connectivity index (χ4v) is 2.78. The van der Waals surface area contributed by atoms with Crippen LogP contribution >= 0.6 is 0 Å². The molecular weight excluding hydrogens is 394 g/mol. The van der Waals surface area contributed by atoms with Gasteiger partial charge in [0.15, 0.2) is 5.82 Å². The Morgan fingerprint density at radius 2 is 2.00 bits per heavy atom. The standard InChI is InChI=1S/C18H15F4N5O2/c1-9-15(10(2)29-26-9)14(16(23)28)7-27-8-24-17(25-27)12-3-11(6-19)4-13(5-12)18(20,21)22/h3-5,7-8H,6H2,1-2H3,(H2,23,28)/b14-7-. The van der Waals surface area contributed by atoms with Crippen LogP contribution in [0.4, 0.5) is 17.6 Å². The van der Waals surface area contributed by atoms with E-state index in [0.29, 0.717) is 17.0 Å². The second-order valence-electron chi connectivity index (χ2n) is 6.20. The molecule has 1 amide bonds. The number of carbonyl (C=O) groups excluding carboxylic acids is 1. The van der Waals surface area contributed by atoms with Gasteiger partial charge < -0.3 is 10.3 Å². The third-order valence-electron chi connectivity index (χ3n) is 4.07. The van der Waals surface area contributed by atoms with Crippen molar-refractivity contribution in [1.82, 2.24) is 19.9 Å². The lowest BCUT2D eigenvalue weighted by atomic mass is 10.1. The number of hydrogen-bond donors (Lipinski definition) is 1. The first-order valence-corrected chi connectivity index (χ1v) is 8.23. The molecule has 11 heteroatoms. The number of halogens is 4. The van der Waals surface area contributed by atoms with E-state index in [1.165, 1.54) is 18.6 Å². The first-order chi connectivity index (χ1) is 13.6. The molecule has 1 aromatic carbocycles. The summed E-state index contributed by atoms with van der Waals surface area (Å²) in [6.45, 7) is 2.14. The third-order valence-corrected chi connectivity index (χ3v) is 4.07. The summed E-state index contributed by atoms with van der Waals surface area (Å²) in [6.07, 6.45) is -2.20. The molecule has 2 N–H and O–H groups in total. The van der Waals surface area contributed by atoms with Crippen molar-refractivity contribution in [1.29, 1.82) is 0 Å². The molecule has 29 heavy (non-hydrogen) atoms. The van der Waals surface area contributed by atoms with Crippen LogP contribution in [-0.4, -0.2) is 25.8 Å². The van der Waals surface area contributed by atoms with Gasteiger partial charge in [-0.3, -0.25) is 4.79 Å². The Bertz CT molecular complexity index is 1080. The van der Waals surface area contributed by atoms with Gasteiger partial charge in [-0.05, 0) is 37.6 Å². The highest BCUT2D eigenvalue weighted by molar-refractivity contribution is 6.22. The SMILES string of the molecule is Cc1noc(C)c1/C(=C/n1cnc(-c2cc(CF)cc(C(F)(F)F)c2)n1)C(N)=O. The molecule has 0 unspecified atom stereocenters. The number of rotatable bonds is 5. The number of amides is 1. The highest BCUT2D eigenvalue weighted by Crippen LogP contribution is 2.33. The van der Waals surface area contributed by atoms with Gasteiger partial charge in [0.1, 0.15) is 18.8 Å². The molecule has 3 rings (SSSR count). The molecule has 0 saturated carbocycles. The van der Waals surface area contributed by atoms with Crippen LogP contribution in [0.1, 0.15) is 28.1 Å². The lowest BCUT2D eigenvalue weighted by molar-refractivity contribution is -0.137. The predicted octanol–water partition coefficient (Wildman–Crippen LogP) is 3.52. The van der Waals surface area contributed by atoms with E-state index in [2.05, 4.69) is 15.2 Å². The first kappa shape index (κ1) is 20.2. The molecule has 2 aromatic heterocycles. The van der Waals surface area contributed by atoms with Gasteiger partial charge >= 0.3 is 6.18 Å².